The number of methoxy groups -OCH3 is 1. The van der Waals surface area contributed by atoms with Crippen LogP contribution in [0.15, 0.2) is 54.6 Å². The van der Waals surface area contributed by atoms with Gasteiger partial charge in [-0.15, -0.1) is 0 Å². The molecule has 0 saturated heterocycles. The van der Waals surface area contributed by atoms with Crippen LogP contribution in [0.2, 0.25) is 0 Å². The fourth-order valence-corrected chi connectivity index (χ4v) is 3.29. The minimum Gasteiger partial charge on any atom is -0.497 e. The van der Waals surface area contributed by atoms with Gasteiger partial charge in [0.1, 0.15) is 5.75 Å². The third kappa shape index (κ3) is 6.56. The van der Waals surface area contributed by atoms with Gasteiger partial charge < -0.3 is 10.1 Å². The van der Waals surface area contributed by atoms with E-state index >= 15 is 0 Å². The van der Waals surface area contributed by atoms with Crippen LogP contribution >= 0.6 is 0 Å². The van der Waals surface area contributed by atoms with E-state index in [4.69, 9.17) is 4.74 Å². The van der Waals surface area contributed by atoms with Crippen molar-refractivity contribution in [2.75, 3.05) is 26.0 Å². The van der Waals surface area contributed by atoms with E-state index in [1.807, 2.05) is 30.3 Å². The molecule has 6 nitrogen and oxygen atoms in total. The van der Waals surface area contributed by atoms with Crippen LogP contribution in [-0.2, 0) is 16.4 Å². The number of hydrogen-bond acceptors (Lipinski definition) is 4. The van der Waals surface area contributed by atoms with Crippen molar-refractivity contribution < 1.29 is 17.9 Å². The number of aryl methyl sites for hydroxylation is 1. The van der Waals surface area contributed by atoms with Crippen molar-refractivity contribution in [3.63, 3.8) is 0 Å². The fraction of sp³-hybridized carbons (Fsp3) is 0.278. The highest BCUT2D eigenvalue weighted by Crippen LogP contribution is 2.13. The summed E-state index contributed by atoms with van der Waals surface area (Å²) in [5.41, 5.74) is 1.44. The second-order valence-electron chi connectivity index (χ2n) is 5.44. The first-order valence-electron chi connectivity index (χ1n) is 7.94. The summed E-state index contributed by atoms with van der Waals surface area (Å²) in [6.45, 7) is 0.380. The molecule has 2 aromatic carbocycles. The van der Waals surface area contributed by atoms with Crippen LogP contribution in [0.1, 0.15) is 15.9 Å². The Morgan fingerprint density at radius 3 is 2.52 bits per heavy atom. The smallest absolute Gasteiger partial charge is 0.251 e. The number of ether oxygens (including phenoxy) is 1. The van der Waals surface area contributed by atoms with Gasteiger partial charge in [-0.25, -0.2) is 13.1 Å². The summed E-state index contributed by atoms with van der Waals surface area (Å²) in [6.07, 6.45) is 0.392. The average molecular weight is 362 g/mol. The van der Waals surface area contributed by atoms with Crippen molar-refractivity contribution in [1.29, 1.82) is 0 Å². The maximum Gasteiger partial charge on any atom is 0.251 e. The van der Waals surface area contributed by atoms with Gasteiger partial charge in [0, 0.05) is 18.7 Å². The summed E-state index contributed by atoms with van der Waals surface area (Å²) in [7, 11) is -1.83. The molecule has 2 aromatic rings. The van der Waals surface area contributed by atoms with Crippen LogP contribution in [0.3, 0.4) is 0 Å². The van der Waals surface area contributed by atoms with Crippen LogP contribution < -0.4 is 14.8 Å². The minimum atomic E-state index is -3.40. The van der Waals surface area contributed by atoms with Crippen molar-refractivity contribution in [3.05, 3.63) is 65.7 Å². The zero-order valence-corrected chi connectivity index (χ0v) is 14.9. The van der Waals surface area contributed by atoms with E-state index in [1.54, 1.807) is 31.4 Å². The maximum atomic E-state index is 12.0. The normalized spacial score (nSPS) is 11.1. The molecule has 2 rings (SSSR count). The Balaban J connectivity index is 1.73. The number of rotatable bonds is 9. The second-order valence-corrected chi connectivity index (χ2v) is 7.36. The molecule has 0 aliphatic heterocycles. The Bertz CT molecular complexity index is 792. The molecule has 0 heterocycles. The highest BCUT2D eigenvalue weighted by Gasteiger charge is 2.11. The van der Waals surface area contributed by atoms with Crippen molar-refractivity contribution in [2.24, 2.45) is 0 Å². The zero-order chi connectivity index (χ0) is 18.1. The van der Waals surface area contributed by atoms with Crippen molar-refractivity contribution in [3.8, 4) is 5.75 Å². The van der Waals surface area contributed by atoms with E-state index < -0.39 is 10.0 Å². The quantitative estimate of drug-likeness (QED) is 0.664. The van der Waals surface area contributed by atoms with E-state index in [0.29, 0.717) is 17.7 Å². The molecule has 134 valence electrons. The van der Waals surface area contributed by atoms with Gasteiger partial charge in [0.25, 0.3) is 5.91 Å². The lowest BCUT2D eigenvalue weighted by atomic mass is 10.2. The van der Waals surface area contributed by atoms with Gasteiger partial charge in [-0.2, -0.15) is 0 Å². The SMILES string of the molecule is COc1cccc(CCS(=O)(=O)NCCNC(=O)c2ccccc2)c1. The zero-order valence-electron chi connectivity index (χ0n) is 14.1. The monoisotopic (exact) mass is 362 g/mol. The topological polar surface area (TPSA) is 84.5 Å². The molecule has 1 amide bonds. The molecular formula is C18H22N2O4S. The lowest BCUT2D eigenvalue weighted by molar-refractivity contribution is 0.0954. The van der Waals surface area contributed by atoms with Crippen LogP contribution in [-0.4, -0.2) is 40.3 Å². The van der Waals surface area contributed by atoms with Crippen molar-refractivity contribution in [1.82, 2.24) is 10.0 Å². The summed E-state index contributed by atoms with van der Waals surface area (Å²) in [4.78, 5) is 11.8. The lowest BCUT2D eigenvalue weighted by Gasteiger charge is -2.09. The molecule has 0 atom stereocenters. The first-order valence-corrected chi connectivity index (χ1v) is 9.59. The largest absolute Gasteiger partial charge is 0.497 e. The number of carbonyl (C=O) groups is 1. The van der Waals surface area contributed by atoms with E-state index in [9.17, 15) is 13.2 Å². The first-order chi connectivity index (χ1) is 12.0. The Labute approximate surface area is 148 Å². The Morgan fingerprint density at radius 2 is 1.80 bits per heavy atom. The average Bonchev–Trinajstić information content (AvgIpc) is 2.64. The van der Waals surface area contributed by atoms with Gasteiger partial charge in [-0.3, -0.25) is 4.79 Å². The molecule has 2 N–H and O–H groups in total. The van der Waals surface area contributed by atoms with E-state index in [0.717, 1.165) is 5.56 Å². The molecule has 0 aliphatic rings. The Morgan fingerprint density at radius 1 is 1.04 bits per heavy atom. The molecule has 0 unspecified atom stereocenters. The number of benzene rings is 2. The summed E-state index contributed by atoms with van der Waals surface area (Å²) in [6, 6.07) is 16.1. The molecule has 0 aliphatic carbocycles. The molecule has 7 heteroatoms. The van der Waals surface area contributed by atoms with Crippen LogP contribution in [0.25, 0.3) is 0 Å². The van der Waals surface area contributed by atoms with Crippen LogP contribution in [0.5, 0.6) is 5.75 Å². The summed E-state index contributed by atoms with van der Waals surface area (Å²) >= 11 is 0. The number of amides is 1. The molecular weight excluding hydrogens is 340 g/mol. The standard InChI is InChI=1S/C18H22N2O4S/c1-24-17-9-5-6-15(14-17)10-13-25(22,23)20-12-11-19-18(21)16-7-3-2-4-8-16/h2-9,14,20H,10-13H2,1H3,(H,19,21). The van der Waals surface area contributed by atoms with Crippen LogP contribution in [0, 0.1) is 0 Å². The highest BCUT2D eigenvalue weighted by atomic mass is 32.2. The Kier molecular flexibility index (Phi) is 6.97. The van der Waals surface area contributed by atoms with Crippen LogP contribution in [0.4, 0.5) is 0 Å². The van der Waals surface area contributed by atoms with E-state index in [2.05, 4.69) is 10.0 Å². The number of nitrogens with one attached hydrogen (secondary N) is 2. The molecule has 0 saturated carbocycles. The molecule has 0 spiro atoms. The van der Waals surface area contributed by atoms with Crippen molar-refractivity contribution in [2.45, 2.75) is 6.42 Å². The Hall–Kier alpha value is -2.38. The molecule has 0 radical (unpaired) electrons. The second kappa shape index (κ2) is 9.19. The summed E-state index contributed by atoms with van der Waals surface area (Å²) in [5.74, 6) is 0.454. The van der Waals surface area contributed by atoms with E-state index in [-0.39, 0.29) is 24.7 Å². The summed E-state index contributed by atoms with van der Waals surface area (Å²) < 4.78 is 31.6. The maximum absolute atomic E-state index is 12.0. The number of hydrogen-bond donors (Lipinski definition) is 2. The first kappa shape index (κ1) is 19.0. The molecule has 25 heavy (non-hydrogen) atoms. The molecule has 0 aromatic heterocycles. The van der Waals surface area contributed by atoms with Gasteiger partial charge in [-0.05, 0) is 36.2 Å². The third-order valence-electron chi connectivity index (χ3n) is 3.56. The van der Waals surface area contributed by atoms with Gasteiger partial charge in [-0.1, -0.05) is 30.3 Å². The predicted octanol–water partition coefficient (Wildman–Crippen LogP) is 1.59. The van der Waals surface area contributed by atoms with Gasteiger partial charge in [0.05, 0.1) is 12.9 Å². The fourth-order valence-electron chi connectivity index (χ4n) is 2.23. The highest BCUT2D eigenvalue weighted by molar-refractivity contribution is 7.89. The third-order valence-corrected chi connectivity index (χ3v) is 4.95. The van der Waals surface area contributed by atoms with Gasteiger partial charge in [0.15, 0.2) is 0 Å². The number of carbonyl (C=O) groups excluding carboxylic acids is 1. The minimum absolute atomic E-state index is 0.0210. The predicted molar refractivity (Wildman–Crippen MR) is 97.3 cm³/mol. The molecule has 0 fully saturated rings. The van der Waals surface area contributed by atoms with Gasteiger partial charge >= 0.3 is 0 Å². The summed E-state index contributed by atoms with van der Waals surface area (Å²) in [5, 5.41) is 2.68. The number of sulfonamides is 1. The van der Waals surface area contributed by atoms with E-state index in [1.165, 1.54) is 0 Å². The van der Waals surface area contributed by atoms with Crippen molar-refractivity contribution >= 4 is 15.9 Å². The lowest BCUT2D eigenvalue weighted by Crippen LogP contribution is -2.36. The van der Waals surface area contributed by atoms with Gasteiger partial charge in [0.2, 0.25) is 10.0 Å². The molecule has 0 bridgehead atoms.